The average molecular weight is 241 g/mol. The van der Waals surface area contributed by atoms with Crippen LogP contribution in [-0.4, -0.2) is 47.9 Å². The first kappa shape index (κ1) is 14.3. The van der Waals surface area contributed by atoms with Gasteiger partial charge in [-0.15, -0.1) is 0 Å². The molecule has 0 saturated heterocycles. The van der Waals surface area contributed by atoms with Gasteiger partial charge in [-0.25, -0.2) is 4.79 Å². The number of halogens is 3. The molecule has 8 heteroatoms. The van der Waals surface area contributed by atoms with Crippen molar-refractivity contribution in [2.75, 3.05) is 19.7 Å². The standard InChI is InChI=1S/C8H10F3NO4/c1-2-3-16-7(15)12(4-6(13)14)5-8(9,10)11/h2H,1,3-5H2,(H,13,14). The number of carboxylic acids is 1. The molecule has 0 aliphatic carbocycles. The van der Waals surface area contributed by atoms with E-state index >= 15 is 0 Å². The summed E-state index contributed by atoms with van der Waals surface area (Å²) in [5, 5.41) is 8.32. The van der Waals surface area contributed by atoms with Crippen LogP contribution in [0.15, 0.2) is 12.7 Å². The van der Waals surface area contributed by atoms with Gasteiger partial charge in [0.2, 0.25) is 0 Å². The van der Waals surface area contributed by atoms with Crippen LogP contribution in [0.4, 0.5) is 18.0 Å². The fraction of sp³-hybridized carbons (Fsp3) is 0.500. The second kappa shape index (κ2) is 5.99. The molecule has 0 radical (unpaired) electrons. The summed E-state index contributed by atoms with van der Waals surface area (Å²) in [4.78, 5) is 21.3. The SMILES string of the molecule is C=CCOC(=O)N(CC(=O)O)CC(F)(F)F. The first-order chi connectivity index (χ1) is 7.26. The van der Waals surface area contributed by atoms with Gasteiger partial charge in [-0.05, 0) is 0 Å². The highest BCUT2D eigenvalue weighted by Gasteiger charge is 2.34. The lowest BCUT2D eigenvalue weighted by atomic mass is 10.5. The fourth-order valence-electron chi connectivity index (χ4n) is 0.786. The number of ether oxygens (including phenoxy) is 1. The Kier molecular flexibility index (Phi) is 5.34. The van der Waals surface area contributed by atoms with Crippen molar-refractivity contribution >= 4 is 12.1 Å². The fourth-order valence-corrected chi connectivity index (χ4v) is 0.786. The molecular formula is C8H10F3NO4. The van der Waals surface area contributed by atoms with Gasteiger partial charge in [0.15, 0.2) is 0 Å². The zero-order valence-corrected chi connectivity index (χ0v) is 8.16. The van der Waals surface area contributed by atoms with Gasteiger partial charge in [-0.1, -0.05) is 12.7 Å². The summed E-state index contributed by atoms with van der Waals surface area (Å²) >= 11 is 0. The van der Waals surface area contributed by atoms with E-state index in [1.165, 1.54) is 0 Å². The minimum absolute atomic E-state index is 0.0475. The summed E-state index contributed by atoms with van der Waals surface area (Å²) in [5.74, 6) is -1.56. The van der Waals surface area contributed by atoms with E-state index in [0.29, 0.717) is 0 Å². The van der Waals surface area contributed by atoms with E-state index in [4.69, 9.17) is 5.11 Å². The number of carbonyl (C=O) groups is 2. The summed E-state index contributed by atoms with van der Waals surface area (Å²) in [6, 6.07) is 0. The normalized spacial score (nSPS) is 10.7. The lowest BCUT2D eigenvalue weighted by molar-refractivity contribution is -0.151. The van der Waals surface area contributed by atoms with Crippen LogP contribution in [0.3, 0.4) is 0 Å². The van der Waals surface area contributed by atoms with Gasteiger partial charge in [0.1, 0.15) is 19.7 Å². The van der Waals surface area contributed by atoms with Gasteiger partial charge in [-0.2, -0.15) is 13.2 Å². The molecule has 0 aliphatic rings. The summed E-state index contributed by atoms with van der Waals surface area (Å²) in [7, 11) is 0. The monoisotopic (exact) mass is 241 g/mol. The smallest absolute Gasteiger partial charge is 0.410 e. The zero-order valence-electron chi connectivity index (χ0n) is 8.16. The molecule has 92 valence electrons. The predicted molar refractivity (Wildman–Crippen MR) is 46.8 cm³/mol. The molecule has 0 aromatic heterocycles. The first-order valence-electron chi connectivity index (χ1n) is 4.07. The molecule has 0 unspecified atom stereocenters. The molecule has 0 rings (SSSR count). The van der Waals surface area contributed by atoms with Crippen LogP contribution < -0.4 is 0 Å². The Labute approximate surface area is 89.1 Å². The second-order valence-electron chi connectivity index (χ2n) is 2.73. The molecule has 0 aliphatic heterocycles. The zero-order chi connectivity index (χ0) is 12.8. The number of amides is 1. The van der Waals surface area contributed by atoms with Crippen LogP contribution >= 0.6 is 0 Å². The molecule has 16 heavy (non-hydrogen) atoms. The Morgan fingerprint density at radius 3 is 2.38 bits per heavy atom. The number of rotatable bonds is 5. The van der Waals surface area contributed by atoms with E-state index in [1.54, 1.807) is 0 Å². The van der Waals surface area contributed by atoms with E-state index < -0.39 is 31.3 Å². The number of carbonyl (C=O) groups excluding carboxylic acids is 1. The van der Waals surface area contributed by atoms with Crippen molar-refractivity contribution in [3.8, 4) is 0 Å². The number of alkyl halides is 3. The van der Waals surface area contributed by atoms with Crippen LogP contribution in [-0.2, 0) is 9.53 Å². The van der Waals surface area contributed by atoms with Gasteiger partial charge in [-0.3, -0.25) is 9.69 Å². The van der Waals surface area contributed by atoms with Gasteiger partial charge >= 0.3 is 18.2 Å². The maximum atomic E-state index is 12.0. The molecule has 0 saturated carbocycles. The third-order valence-corrected chi connectivity index (χ3v) is 1.28. The number of hydrogen-bond donors (Lipinski definition) is 1. The molecule has 0 bridgehead atoms. The van der Waals surface area contributed by atoms with Gasteiger partial charge in [0.25, 0.3) is 0 Å². The highest BCUT2D eigenvalue weighted by molar-refractivity contribution is 5.76. The van der Waals surface area contributed by atoms with Crippen molar-refractivity contribution in [2.45, 2.75) is 6.18 Å². The first-order valence-corrected chi connectivity index (χ1v) is 4.07. The molecule has 0 fully saturated rings. The third-order valence-electron chi connectivity index (χ3n) is 1.28. The number of aliphatic carboxylic acids is 1. The average Bonchev–Trinajstić information content (AvgIpc) is 2.10. The molecule has 1 amide bonds. The molecule has 0 aromatic carbocycles. The largest absolute Gasteiger partial charge is 0.480 e. The van der Waals surface area contributed by atoms with E-state index in [1.807, 2.05) is 0 Å². The van der Waals surface area contributed by atoms with E-state index in [9.17, 15) is 22.8 Å². The van der Waals surface area contributed by atoms with E-state index in [-0.39, 0.29) is 11.5 Å². The summed E-state index contributed by atoms with van der Waals surface area (Å²) in [6.07, 6.45) is -4.87. The molecule has 0 heterocycles. The van der Waals surface area contributed by atoms with Crippen LogP contribution in [0, 0.1) is 0 Å². The lowest BCUT2D eigenvalue weighted by Crippen LogP contribution is -2.42. The van der Waals surface area contributed by atoms with Crippen molar-refractivity contribution < 1.29 is 32.6 Å². The van der Waals surface area contributed by atoms with Crippen molar-refractivity contribution in [3.63, 3.8) is 0 Å². The topological polar surface area (TPSA) is 66.8 Å². The van der Waals surface area contributed by atoms with Crippen LogP contribution in [0.25, 0.3) is 0 Å². The number of nitrogens with zero attached hydrogens (tertiary/aromatic N) is 1. The highest BCUT2D eigenvalue weighted by Crippen LogP contribution is 2.16. The molecule has 1 N–H and O–H groups in total. The van der Waals surface area contributed by atoms with Crippen molar-refractivity contribution in [2.24, 2.45) is 0 Å². The van der Waals surface area contributed by atoms with Gasteiger partial charge in [0, 0.05) is 0 Å². The maximum Gasteiger partial charge on any atom is 0.410 e. The summed E-state index contributed by atoms with van der Waals surface area (Å²) in [6.45, 7) is 0.163. The Morgan fingerprint density at radius 1 is 1.44 bits per heavy atom. The number of hydrogen-bond acceptors (Lipinski definition) is 3. The highest BCUT2D eigenvalue weighted by atomic mass is 19.4. The third kappa shape index (κ3) is 6.68. The van der Waals surface area contributed by atoms with Gasteiger partial charge in [0.05, 0.1) is 0 Å². The molecule has 0 atom stereocenters. The Balaban J connectivity index is 4.46. The Bertz CT molecular complexity index is 277. The lowest BCUT2D eigenvalue weighted by Gasteiger charge is -2.20. The van der Waals surface area contributed by atoms with Crippen molar-refractivity contribution in [1.29, 1.82) is 0 Å². The molecule has 0 spiro atoms. The minimum Gasteiger partial charge on any atom is -0.480 e. The molecule has 5 nitrogen and oxygen atoms in total. The van der Waals surface area contributed by atoms with E-state index in [2.05, 4.69) is 11.3 Å². The Hall–Kier alpha value is -1.73. The summed E-state index contributed by atoms with van der Waals surface area (Å²) < 4.78 is 40.2. The second-order valence-corrected chi connectivity index (χ2v) is 2.73. The molecule has 0 aromatic rings. The van der Waals surface area contributed by atoms with E-state index in [0.717, 1.165) is 6.08 Å². The van der Waals surface area contributed by atoms with Crippen molar-refractivity contribution in [1.82, 2.24) is 4.90 Å². The maximum absolute atomic E-state index is 12.0. The van der Waals surface area contributed by atoms with Crippen LogP contribution in [0.1, 0.15) is 0 Å². The molecular weight excluding hydrogens is 231 g/mol. The summed E-state index contributed by atoms with van der Waals surface area (Å²) in [5.41, 5.74) is 0. The Morgan fingerprint density at radius 2 is 2.00 bits per heavy atom. The van der Waals surface area contributed by atoms with Crippen LogP contribution in [0.5, 0.6) is 0 Å². The quantitative estimate of drug-likeness (QED) is 0.736. The van der Waals surface area contributed by atoms with Crippen molar-refractivity contribution in [3.05, 3.63) is 12.7 Å². The number of carboxylic acid groups (broad SMARTS) is 1. The van der Waals surface area contributed by atoms with Crippen LogP contribution in [0.2, 0.25) is 0 Å². The predicted octanol–water partition coefficient (Wildman–Crippen LogP) is 1.26. The minimum atomic E-state index is -4.68. The van der Waals surface area contributed by atoms with Gasteiger partial charge < -0.3 is 9.84 Å².